The average Bonchev–Trinajstić information content (AvgIpc) is 2.83. The molecule has 1 aliphatic rings. The lowest BCUT2D eigenvalue weighted by molar-refractivity contribution is -0.131. The molecule has 1 fully saturated rings. The maximum absolute atomic E-state index is 13.4. The lowest BCUT2D eigenvalue weighted by atomic mass is 9.73. The van der Waals surface area contributed by atoms with E-state index in [-0.39, 0.29) is 11.7 Å². The first kappa shape index (κ1) is 23.7. The molecular formula is C25H31FN2O4. The highest BCUT2D eigenvalue weighted by Crippen LogP contribution is 2.35. The summed E-state index contributed by atoms with van der Waals surface area (Å²) in [6, 6.07) is 12.7. The summed E-state index contributed by atoms with van der Waals surface area (Å²) in [6.45, 7) is 3.65. The molecule has 0 radical (unpaired) electrons. The predicted molar refractivity (Wildman–Crippen MR) is 120 cm³/mol. The molecule has 1 heterocycles. The van der Waals surface area contributed by atoms with Crippen molar-refractivity contribution in [1.82, 2.24) is 10.9 Å². The monoisotopic (exact) mass is 442 g/mol. The third-order valence-corrected chi connectivity index (χ3v) is 5.85. The number of rotatable bonds is 9. The molecular weight excluding hydrogens is 411 g/mol. The van der Waals surface area contributed by atoms with Gasteiger partial charge in [0.1, 0.15) is 11.6 Å². The molecule has 0 bridgehead atoms. The van der Waals surface area contributed by atoms with Gasteiger partial charge in [-0.25, -0.2) is 4.39 Å². The van der Waals surface area contributed by atoms with Crippen molar-refractivity contribution < 1.29 is 23.5 Å². The van der Waals surface area contributed by atoms with E-state index in [9.17, 15) is 14.0 Å². The molecule has 0 saturated carbocycles. The van der Waals surface area contributed by atoms with Gasteiger partial charge in [-0.3, -0.25) is 20.4 Å². The molecule has 1 aliphatic heterocycles. The molecule has 7 heteroatoms. The number of carbonyl (C=O) groups excluding carboxylic acids is 2. The van der Waals surface area contributed by atoms with E-state index in [0.29, 0.717) is 49.5 Å². The lowest BCUT2D eigenvalue weighted by Crippen LogP contribution is -2.53. The Kier molecular flexibility index (Phi) is 8.62. The number of ether oxygens (including phenoxy) is 2. The quantitative estimate of drug-likeness (QED) is 0.449. The van der Waals surface area contributed by atoms with Crippen molar-refractivity contribution in [3.63, 3.8) is 0 Å². The van der Waals surface area contributed by atoms with E-state index in [1.54, 1.807) is 36.4 Å². The molecule has 172 valence electrons. The predicted octanol–water partition coefficient (Wildman–Crippen LogP) is 4.29. The van der Waals surface area contributed by atoms with Crippen LogP contribution in [0.1, 0.15) is 61.4 Å². The van der Waals surface area contributed by atoms with Crippen molar-refractivity contribution >= 4 is 11.8 Å². The highest BCUT2D eigenvalue weighted by molar-refractivity contribution is 5.97. The Hall–Kier alpha value is -2.93. The first-order valence-electron chi connectivity index (χ1n) is 11.2. The van der Waals surface area contributed by atoms with Gasteiger partial charge in [0.05, 0.1) is 12.0 Å². The summed E-state index contributed by atoms with van der Waals surface area (Å²) in [5.74, 6) is -0.417. The lowest BCUT2D eigenvalue weighted by Gasteiger charge is -2.36. The van der Waals surface area contributed by atoms with Crippen LogP contribution in [0.15, 0.2) is 48.5 Å². The molecule has 2 amide bonds. The van der Waals surface area contributed by atoms with Crippen molar-refractivity contribution in [3.8, 4) is 5.75 Å². The normalized spacial score (nSPS) is 15.1. The number of hydrogen-bond donors (Lipinski definition) is 2. The van der Waals surface area contributed by atoms with Crippen LogP contribution in [0.3, 0.4) is 0 Å². The molecule has 2 N–H and O–H groups in total. The first-order valence-corrected chi connectivity index (χ1v) is 11.2. The van der Waals surface area contributed by atoms with Crippen molar-refractivity contribution in [1.29, 1.82) is 0 Å². The third kappa shape index (κ3) is 6.07. The van der Waals surface area contributed by atoms with Crippen LogP contribution >= 0.6 is 0 Å². The molecule has 0 atom stereocenters. The van der Waals surface area contributed by atoms with Crippen LogP contribution in [0.25, 0.3) is 0 Å². The van der Waals surface area contributed by atoms with E-state index in [1.807, 2.05) is 0 Å². The van der Waals surface area contributed by atoms with Gasteiger partial charge in [-0.15, -0.1) is 0 Å². The van der Waals surface area contributed by atoms with E-state index in [4.69, 9.17) is 9.47 Å². The summed E-state index contributed by atoms with van der Waals surface area (Å²) in [5, 5.41) is 0. The largest absolute Gasteiger partial charge is 0.494 e. The van der Waals surface area contributed by atoms with Crippen molar-refractivity contribution in [2.24, 2.45) is 0 Å². The molecule has 32 heavy (non-hydrogen) atoms. The number of nitrogens with one attached hydrogen (secondary N) is 2. The Labute approximate surface area is 188 Å². The van der Waals surface area contributed by atoms with Crippen molar-refractivity contribution in [2.75, 3.05) is 19.8 Å². The summed E-state index contributed by atoms with van der Waals surface area (Å²) in [5.41, 5.74) is 5.28. The van der Waals surface area contributed by atoms with Crippen LogP contribution in [-0.2, 0) is 14.9 Å². The number of carbonyl (C=O) groups is 2. The number of halogens is 1. The van der Waals surface area contributed by atoms with Gasteiger partial charge >= 0.3 is 0 Å². The van der Waals surface area contributed by atoms with Crippen LogP contribution in [0.2, 0.25) is 0 Å². The van der Waals surface area contributed by atoms with Gasteiger partial charge in [0.25, 0.3) is 5.91 Å². The minimum Gasteiger partial charge on any atom is -0.494 e. The first-order chi connectivity index (χ1) is 15.5. The second-order valence-corrected chi connectivity index (χ2v) is 8.04. The minimum atomic E-state index is -0.880. The molecule has 2 aromatic carbocycles. The molecule has 0 unspecified atom stereocenters. The smallest absolute Gasteiger partial charge is 0.269 e. The number of unbranched alkanes of at least 4 members (excludes halogenated alkanes) is 3. The number of benzene rings is 2. The van der Waals surface area contributed by atoms with Gasteiger partial charge in [0.15, 0.2) is 0 Å². The minimum absolute atomic E-state index is 0.340. The fourth-order valence-electron chi connectivity index (χ4n) is 3.86. The zero-order chi connectivity index (χ0) is 22.8. The van der Waals surface area contributed by atoms with Gasteiger partial charge in [-0.2, -0.15) is 0 Å². The van der Waals surface area contributed by atoms with Gasteiger partial charge in [-0.1, -0.05) is 38.3 Å². The molecule has 1 saturated heterocycles. The second-order valence-electron chi connectivity index (χ2n) is 8.04. The van der Waals surface area contributed by atoms with Crippen molar-refractivity contribution in [2.45, 2.75) is 50.9 Å². The van der Waals surface area contributed by atoms with E-state index in [0.717, 1.165) is 12.8 Å². The molecule has 6 nitrogen and oxygen atoms in total. The Bertz CT molecular complexity index is 878. The van der Waals surface area contributed by atoms with Crippen LogP contribution in [0.5, 0.6) is 5.75 Å². The molecule has 3 rings (SSSR count). The van der Waals surface area contributed by atoms with Gasteiger partial charge in [0, 0.05) is 18.8 Å². The summed E-state index contributed by atoms with van der Waals surface area (Å²) < 4.78 is 24.5. The van der Waals surface area contributed by atoms with Crippen LogP contribution in [0.4, 0.5) is 4.39 Å². The Balaban J connectivity index is 1.57. The zero-order valence-electron chi connectivity index (χ0n) is 18.5. The van der Waals surface area contributed by atoms with Crippen LogP contribution in [0, 0.1) is 5.82 Å². The van der Waals surface area contributed by atoms with Crippen LogP contribution in [-0.4, -0.2) is 31.6 Å². The highest BCUT2D eigenvalue weighted by atomic mass is 19.1. The van der Waals surface area contributed by atoms with E-state index < -0.39 is 11.3 Å². The van der Waals surface area contributed by atoms with E-state index >= 15 is 0 Å². The summed E-state index contributed by atoms with van der Waals surface area (Å²) in [6.07, 6.45) is 5.42. The number of amides is 2. The number of hydrazine groups is 1. The standard InChI is InChI=1S/C25H31FN2O4/c1-2-3-4-5-16-32-22-12-6-19(7-13-22)23(29)27-28-24(30)25(14-17-31-18-15-25)20-8-10-21(26)11-9-20/h6-13H,2-5,14-18H2,1H3,(H,27,29)(H,28,30). The Morgan fingerprint density at radius 3 is 2.31 bits per heavy atom. The van der Waals surface area contributed by atoms with E-state index in [1.165, 1.54) is 25.0 Å². The maximum atomic E-state index is 13.4. The van der Waals surface area contributed by atoms with Gasteiger partial charge in [-0.05, 0) is 61.2 Å². The molecule has 0 spiro atoms. The van der Waals surface area contributed by atoms with E-state index in [2.05, 4.69) is 17.8 Å². The fourth-order valence-corrected chi connectivity index (χ4v) is 3.86. The van der Waals surface area contributed by atoms with Gasteiger partial charge in [0.2, 0.25) is 5.91 Å². The third-order valence-electron chi connectivity index (χ3n) is 5.85. The highest BCUT2D eigenvalue weighted by Gasteiger charge is 2.42. The summed E-state index contributed by atoms with van der Waals surface area (Å²) in [4.78, 5) is 25.6. The number of hydrogen-bond acceptors (Lipinski definition) is 4. The fraction of sp³-hybridized carbons (Fsp3) is 0.440. The van der Waals surface area contributed by atoms with Crippen LogP contribution < -0.4 is 15.6 Å². The molecule has 0 aliphatic carbocycles. The zero-order valence-corrected chi connectivity index (χ0v) is 18.5. The Morgan fingerprint density at radius 2 is 1.66 bits per heavy atom. The summed E-state index contributed by atoms with van der Waals surface area (Å²) in [7, 11) is 0. The molecule has 2 aromatic rings. The van der Waals surface area contributed by atoms with Crippen molar-refractivity contribution in [3.05, 3.63) is 65.5 Å². The summed E-state index contributed by atoms with van der Waals surface area (Å²) >= 11 is 0. The maximum Gasteiger partial charge on any atom is 0.269 e. The topological polar surface area (TPSA) is 76.7 Å². The average molecular weight is 443 g/mol. The second kappa shape index (κ2) is 11.6. The molecule has 0 aromatic heterocycles. The Morgan fingerprint density at radius 1 is 0.969 bits per heavy atom. The van der Waals surface area contributed by atoms with Gasteiger partial charge < -0.3 is 9.47 Å². The SMILES string of the molecule is CCCCCCOc1ccc(C(=O)NNC(=O)C2(c3ccc(F)cc3)CCOCC2)cc1.